The normalized spacial score (nSPS) is 20.3. The van der Waals surface area contributed by atoms with E-state index in [2.05, 4.69) is 27.5 Å². The van der Waals surface area contributed by atoms with Crippen LogP contribution in [0, 0.1) is 9.49 Å². The summed E-state index contributed by atoms with van der Waals surface area (Å²) in [5, 5.41) is 0. The fourth-order valence-corrected chi connectivity index (χ4v) is 2.76. The van der Waals surface area contributed by atoms with Crippen LogP contribution in [0.15, 0.2) is 18.2 Å². The van der Waals surface area contributed by atoms with Crippen LogP contribution in [0.4, 0.5) is 11.4 Å². The summed E-state index contributed by atoms with van der Waals surface area (Å²) >= 11 is 2.24. The van der Waals surface area contributed by atoms with E-state index in [1.165, 1.54) is 0 Å². The molecule has 2 rings (SSSR count). The number of primary amides is 1. The van der Waals surface area contributed by atoms with Crippen LogP contribution in [0.3, 0.4) is 0 Å². The lowest BCUT2D eigenvalue weighted by Crippen LogP contribution is -2.41. The Hall–Kier alpha value is -0.980. The zero-order valence-electron chi connectivity index (χ0n) is 9.53. The number of nitrogen functional groups attached to an aromatic ring is 1. The monoisotopic (exact) mass is 345 g/mol. The molecule has 0 saturated carbocycles. The topological polar surface area (TPSA) is 72.4 Å². The third-order valence-electron chi connectivity index (χ3n) is 3.15. The molecule has 1 amide bonds. The van der Waals surface area contributed by atoms with Gasteiger partial charge in [0.1, 0.15) is 0 Å². The van der Waals surface area contributed by atoms with Crippen molar-refractivity contribution >= 4 is 39.9 Å². The predicted octanol–water partition coefficient (Wildman–Crippen LogP) is 1.58. The van der Waals surface area contributed by atoms with Gasteiger partial charge >= 0.3 is 0 Å². The first kappa shape index (κ1) is 12.5. The zero-order valence-corrected chi connectivity index (χ0v) is 11.7. The molecule has 0 bridgehead atoms. The molecular weight excluding hydrogens is 329 g/mol. The largest absolute Gasteiger partial charge is 0.397 e. The number of benzene rings is 1. The Morgan fingerprint density at radius 3 is 2.88 bits per heavy atom. The van der Waals surface area contributed by atoms with Crippen LogP contribution in [-0.2, 0) is 4.79 Å². The molecule has 0 spiro atoms. The number of carbonyl (C=O) groups excluding carboxylic acids is 1. The average molecular weight is 345 g/mol. The average Bonchev–Trinajstić information content (AvgIpc) is 2.29. The second-order valence-corrected chi connectivity index (χ2v) is 5.64. The highest BCUT2D eigenvalue weighted by atomic mass is 127. The maximum absolute atomic E-state index is 11.2. The van der Waals surface area contributed by atoms with Gasteiger partial charge in [0.15, 0.2) is 0 Å². The van der Waals surface area contributed by atoms with Gasteiger partial charge in [-0.05, 0) is 53.6 Å². The number of carbonyl (C=O) groups is 1. The van der Waals surface area contributed by atoms with Crippen molar-refractivity contribution in [1.82, 2.24) is 0 Å². The van der Waals surface area contributed by atoms with E-state index in [0.717, 1.165) is 34.3 Å². The lowest BCUT2D eigenvalue weighted by Gasteiger charge is -2.33. The van der Waals surface area contributed by atoms with Crippen molar-refractivity contribution < 1.29 is 4.79 Å². The molecule has 1 fully saturated rings. The van der Waals surface area contributed by atoms with Crippen molar-refractivity contribution in [2.24, 2.45) is 11.7 Å². The molecule has 1 heterocycles. The molecule has 4 N–H and O–H groups in total. The highest BCUT2D eigenvalue weighted by molar-refractivity contribution is 14.1. The van der Waals surface area contributed by atoms with E-state index in [0.29, 0.717) is 6.54 Å². The molecule has 4 nitrogen and oxygen atoms in total. The van der Waals surface area contributed by atoms with Gasteiger partial charge in [-0.1, -0.05) is 0 Å². The smallest absolute Gasteiger partial charge is 0.222 e. The molecule has 0 aromatic heterocycles. The van der Waals surface area contributed by atoms with Crippen molar-refractivity contribution in [3.05, 3.63) is 21.8 Å². The Bertz CT molecular complexity index is 436. The first-order valence-corrected chi connectivity index (χ1v) is 6.75. The minimum Gasteiger partial charge on any atom is -0.397 e. The first-order valence-electron chi connectivity index (χ1n) is 5.67. The zero-order chi connectivity index (χ0) is 12.4. The lowest BCUT2D eigenvalue weighted by atomic mass is 9.97. The van der Waals surface area contributed by atoms with Crippen molar-refractivity contribution in [3.8, 4) is 0 Å². The number of amides is 1. The van der Waals surface area contributed by atoms with Crippen LogP contribution in [0.1, 0.15) is 12.8 Å². The van der Waals surface area contributed by atoms with E-state index in [4.69, 9.17) is 11.5 Å². The Morgan fingerprint density at radius 1 is 1.47 bits per heavy atom. The molecule has 1 aromatic carbocycles. The minimum atomic E-state index is -0.209. The summed E-state index contributed by atoms with van der Waals surface area (Å²) in [6.07, 6.45) is 1.87. The summed E-state index contributed by atoms with van der Waals surface area (Å²) in [5.74, 6) is -0.263. The number of hydrogen-bond donors (Lipinski definition) is 2. The van der Waals surface area contributed by atoms with Crippen LogP contribution < -0.4 is 16.4 Å². The SMILES string of the molecule is NC(=O)C1CCCN(c2ccc(I)cc2N)C1. The van der Waals surface area contributed by atoms with Crippen molar-refractivity contribution in [1.29, 1.82) is 0 Å². The first-order chi connectivity index (χ1) is 8.08. The number of nitrogens with two attached hydrogens (primary N) is 2. The van der Waals surface area contributed by atoms with Gasteiger partial charge in [-0.2, -0.15) is 0 Å². The minimum absolute atomic E-state index is 0.0533. The van der Waals surface area contributed by atoms with Gasteiger partial charge in [0, 0.05) is 16.7 Å². The van der Waals surface area contributed by atoms with E-state index >= 15 is 0 Å². The van der Waals surface area contributed by atoms with E-state index in [1.54, 1.807) is 0 Å². The van der Waals surface area contributed by atoms with E-state index in [-0.39, 0.29) is 11.8 Å². The van der Waals surface area contributed by atoms with Gasteiger partial charge < -0.3 is 16.4 Å². The molecule has 0 aliphatic carbocycles. The van der Waals surface area contributed by atoms with Crippen molar-refractivity contribution in [2.75, 3.05) is 23.7 Å². The fourth-order valence-electron chi connectivity index (χ4n) is 2.24. The van der Waals surface area contributed by atoms with Gasteiger partial charge in [-0.25, -0.2) is 0 Å². The van der Waals surface area contributed by atoms with Crippen LogP contribution >= 0.6 is 22.6 Å². The molecule has 1 saturated heterocycles. The second kappa shape index (κ2) is 5.12. The van der Waals surface area contributed by atoms with Gasteiger partial charge in [0.05, 0.1) is 17.3 Å². The quantitative estimate of drug-likeness (QED) is 0.631. The maximum Gasteiger partial charge on any atom is 0.222 e. The standard InChI is InChI=1S/C12H16IN3O/c13-9-3-4-11(10(14)6-9)16-5-1-2-8(7-16)12(15)17/h3-4,6,8H,1-2,5,7,14H2,(H2,15,17). The molecule has 1 aliphatic heterocycles. The van der Waals surface area contributed by atoms with Crippen LogP contribution in [0.25, 0.3) is 0 Å². The number of nitrogens with zero attached hydrogens (tertiary/aromatic N) is 1. The summed E-state index contributed by atoms with van der Waals surface area (Å²) in [5.41, 5.74) is 13.2. The molecular formula is C12H16IN3O. The van der Waals surface area contributed by atoms with E-state index in [9.17, 15) is 4.79 Å². The number of anilines is 2. The van der Waals surface area contributed by atoms with Crippen LogP contribution in [0.5, 0.6) is 0 Å². The van der Waals surface area contributed by atoms with Gasteiger partial charge in [0.25, 0.3) is 0 Å². The molecule has 17 heavy (non-hydrogen) atoms. The van der Waals surface area contributed by atoms with Crippen molar-refractivity contribution in [3.63, 3.8) is 0 Å². The molecule has 1 unspecified atom stereocenters. The molecule has 92 valence electrons. The summed E-state index contributed by atoms with van der Waals surface area (Å²) in [4.78, 5) is 13.4. The Morgan fingerprint density at radius 2 is 2.24 bits per heavy atom. The maximum atomic E-state index is 11.2. The van der Waals surface area contributed by atoms with Gasteiger partial charge in [0.2, 0.25) is 5.91 Å². The fraction of sp³-hybridized carbons (Fsp3) is 0.417. The Labute approximate surface area is 114 Å². The summed E-state index contributed by atoms with van der Waals surface area (Å²) < 4.78 is 1.12. The predicted molar refractivity (Wildman–Crippen MR) is 77.7 cm³/mol. The molecule has 0 radical (unpaired) electrons. The second-order valence-electron chi connectivity index (χ2n) is 4.39. The Balaban J connectivity index is 2.19. The summed E-state index contributed by atoms with van der Waals surface area (Å²) in [6, 6.07) is 5.99. The van der Waals surface area contributed by atoms with Crippen molar-refractivity contribution in [2.45, 2.75) is 12.8 Å². The molecule has 1 aliphatic rings. The van der Waals surface area contributed by atoms with E-state index in [1.807, 2.05) is 18.2 Å². The van der Waals surface area contributed by atoms with Crippen LogP contribution in [-0.4, -0.2) is 19.0 Å². The third-order valence-corrected chi connectivity index (χ3v) is 3.83. The number of piperidine rings is 1. The highest BCUT2D eigenvalue weighted by Gasteiger charge is 2.24. The van der Waals surface area contributed by atoms with Crippen LogP contribution in [0.2, 0.25) is 0 Å². The summed E-state index contributed by atoms with van der Waals surface area (Å²) in [6.45, 7) is 1.62. The highest BCUT2D eigenvalue weighted by Crippen LogP contribution is 2.29. The third kappa shape index (κ3) is 2.83. The Kier molecular flexibility index (Phi) is 3.76. The van der Waals surface area contributed by atoms with Gasteiger partial charge in [-0.15, -0.1) is 0 Å². The molecule has 1 atom stereocenters. The van der Waals surface area contributed by atoms with E-state index < -0.39 is 0 Å². The molecule has 1 aromatic rings. The lowest BCUT2D eigenvalue weighted by molar-refractivity contribution is -0.122. The molecule has 5 heteroatoms. The summed E-state index contributed by atoms with van der Waals surface area (Å²) in [7, 11) is 0. The van der Waals surface area contributed by atoms with Gasteiger partial charge in [-0.3, -0.25) is 4.79 Å². The number of rotatable bonds is 2. The number of hydrogen-bond acceptors (Lipinski definition) is 3. The number of halogens is 1.